The zero-order valence-electron chi connectivity index (χ0n) is 11.8. The van der Waals surface area contributed by atoms with Crippen molar-refractivity contribution >= 4 is 22.3 Å². The van der Waals surface area contributed by atoms with Crippen LogP contribution < -0.4 is 10.5 Å². The molecule has 0 spiro atoms. The number of nitrogens with zero attached hydrogens (tertiary/aromatic N) is 2. The number of hydrogen-bond acceptors (Lipinski definition) is 5. The van der Waals surface area contributed by atoms with Gasteiger partial charge < -0.3 is 10.5 Å². The summed E-state index contributed by atoms with van der Waals surface area (Å²) in [6, 6.07) is 14.0. The molecule has 0 radical (unpaired) electrons. The maximum absolute atomic E-state index is 11.5. The molecule has 6 heteroatoms. The molecule has 0 unspecified atom stereocenters. The lowest BCUT2D eigenvalue weighted by Gasteiger charge is -2.09. The molecular weight excluding hydrogens is 282 g/mol. The summed E-state index contributed by atoms with van der Waals surface area (Å²) < 4.78 is 5.17. The largest absolute Gasteiger partial charge is 0.497 e. The molecule has 1 heterocycles. The number of hydrogen-bond donors (Lipinski definition) is 1. The fraction of sp³-hybridized carbons (Fsp3) is 0.0625. The zero-order valence-corrected chi connectivity index (χ0v) is 11.8. The van der Waals surface area contributed by atoms with Crippen molar-refractivity contribution in [1.29, 1.82) is 0 Å². The van der Waals surface area contributed by atoms with Gasteiger partial charge >= 0.3 is 5.69 Å². The molecule has 22 heavy (non-hydrogen) atoms. The van der Waals surface area contributed by atoms with Crippen molar-refractivity contribution in [2.45, 2.75) is 0 Å². The predicted octanol–water partition coefficient (Wildman–Crippen LogP) is 3.40. The average Bonchev–Trinajstić information content (AvgIpc) is 2.54. The number of nitrogens with two attached hydrogens (primary N) is 1. The molecule has 0 fully saturated rings. The number of nitrogen functional groups attached to an aromatic ring is 1. The van der Waals surface area contributed by atoms with Crippen molar-refractivity contribution in [2.24, 2.45) is 0 Å². The van der Waals surface area contributed by atoms with Crippen LogP contribution in [0.5, 0.6) is 5.75 Å². The number of aromatic nitrogens is 1. The number of rotatable bonds is 3. The highest BCUT2D eigenvalue weighted by Gasteiger charge is 2.24. The molecule has 6 nitrogen and oxygen atoms in total. The van der Waals surface area contributed by atoms with Crippen LogP contribution in [0.15, 0.2) is 48.5 Å². The average molecular weight is 295 g/mol. The maximum Gasteiger partial charge on any atom is 0.318 e. The molecular formula is C16H13N3O3. The molecule has 2 aromatic carbocycles. The first-order chi connectivity index (χ1) is 10.6. The van der Waals surface area contributed by atoms with Crippen molar-refractivity contribution < 1.29 is 9.66 Å². The van der Waals surface area contributed by atoms with Gasteiger partial charge in [-0.15, -0.1) is 0 Å². The summed E-state index contributed by atoms with van der Waals surface area (Å²) in [6.07, 6.45) is 0. The summed E-state index contributed by atoms with van der Waals surface area (Å²) in [7, 11) is 1.54. The summed E-state index contributed by atoms with van der Waals surface area (Å²) in [5, 5.41) is 12.0. The molecule has 0 saturated heterocycles. The van der Waals surface area contributed by atoms with Gasteiger partial charge in [0.25, 0.3) is 0 Å². The van der Waals surface area contributed by atoms with Crippen LogP contribution in [0, 0.1) is 10.1 Å². The second kappa shape index (κ2) is 5.33. The lowest BCUT2D eigenvalue weighted by atomic mass is 10.1. The van der Waals surface area contributed by atoms with Gasteiger partial charge in [0.05, 0.1) is 17.5 Å². The van der Waals surface area contributed by atoms with Gasteiger partial charge in [0, 0.05) is 10.9 Å². The highest BCUT2D eigenvalue weighted by molar-refractivity contribution is 5.99. The Morgan fingerprint density at radius 1 is 1.18 bits per heavy atom. The standard InChI is InChI=1S/C16H13N3O3/c1-22-11-6-4-5-10(9-11)15-16(19(20)21)14(17)12-7-2-3-8-13(12)18-15/h2-9H,1H3,(H2,17,18). The molecule has 0 amide bonds. The van der Waals surface area contributed by atoms with E-state index in [1.54, 1.807) is 42.5 Å². The number of nitro groups is 1. The first-order valence-corrected chi connectivity index (χ1v) is 6.59. The lowest BCUT2D eigenvalue weighted by molar-refractivity contribution is -0.383. The van der Waals surface area contributed by atoms with Gasteiger partial charge in [-0.25, -0.2) is 4.98 Å². The van der Waals surface area contributed by atoms with E-state index >= 15 is 0 Å². The molecule has 1 aromatic heterocycles. The predicted molar refractivity (Wildman–Crippen MR) is 84.8 cm³/mol. The molecule has 0 aliphatic rings. The van der Waals surface area contributed by atoms with Crippen LogP contribution in [0.25, 0.3) is 22.2 Å². The quantitative estimate of drug-likeness (QED) is 0.590. The van der Waals surface area contributed by atoms with Crippen molar-refractivity contribution in [3.8, 4) is 17.0 Å². The fourth-order valence-electron chi connectivity index (χ4n) is 2.38. The highest BCUT2D eigenvalue weighted by atomic mass is 16.6. The van der Waals surface area contributed by atoms with E-state index in [1.807, 2.05) is 6.07 Å². The molecule has 110 valence electrons. The van der Waals surface area contributed by atoms with Gasteiger partial charge in [0.2, 0.25) is 0 Å². The monoisotopic (exact) mass is 295 g/mol. The van der Waals surface area contributed by atoms with E-state index in [9.17, 15) is 10.1 Å². The Morgan fingerprint density at radius 2 is 1.95 bits per heavy atom. The Bertz CT molecular complexity index is 878. The smallest absolute Gasteiger partial charge is 0.318 e. The third-order valence-corrected chi connectivity index (χ3v) is 3.43. The SMILES string of the molecule is COc1cccc(-c2nc3ccccc3c(N)c2[N+](=O)[O-])c1. The highest BCUT2D eigenvalue weighted by Crippen LogP contribution is 2.38. The van der Waals surface area contributed by atoms with Crippen molar-refractivity contribution in [3.05, 3.63) is 58.6 Å². The summed E-state index contributed by atoms with van der Waals surface area (Å²) in [6.45, 7) is 0. The van der Waals surface area contributed by atoms with Crippen LogP contribution in [0.3, 0.4) is 0 Å². The number of anilines is 1. The minimum Gasteiger partial charge on any atom is -0.497 e. The molecule has 0 aliphatic heterocycles. The Labute approximate surface area is 126 Å². The van der Waals surface area contributed by atoms with Gasteiger partial charge in [-0.05, 0) is 18.2 Å². The number of methoxy groups -OCH3 is 1. The van der Waals surface area contributed by atoms with Crippen molar-refractivity contribution in [2.75, 3.05) is 12.8 Å². The summed E-state index contributed by atoms with van der Waals surface area (Å²) in [4.78, 5) is 15.4. The first-order valence-electron chi connectivity index (χ1n) is 6.59. The van der Waals surface area contributed by atoms with Gasteiger partial charge in [0.1, 0.15) is 11.4 Å². The lowest BCUT2D eigenvalue weighted by Crippen LogP contribution is -2.02. The maximum atomic E-state index is 11.5. The van der Waals surface area contributed by atoms with E-state index in [2.05, 4.69) is 4.98 Å². The second-order valence-electron chi connectivity index (χ2n) is 4.73. The van der Waals surface area contributed by atoms with E-state index in [0.717, 1.165) is 0 Å². The van der Waals surface area contributed by atoms with Crippen molar-refractivity contribution in [1.82, 2.24) is 4.98 Å². The topological polar surface area (TPSA) is 91.3 Å². The second-order valence-corrected chi connectivity index (χ2v) is 4.73. The van der Waals surface area contributed by atoms with Crippen LogP contribution in [-0.4, -0.2) is 17.0 Å². The van der Waals surface area contributed by atoms with E-state index in [-0.39, 0.29) is 17.1 Å². The normalized spacial score (nSPS) is 10.6. The zero-order chi connectivity index (χ0) is 15.7. The first kappa shape index (κ1) is 13.8. The molecule has 3 aromatic rings. The van der Waals surface area contributed by atoms with Gasteiger partial charge in [-0.3, -0.25) is 10.1 Å². The van der Waals surface area contributed by atoms with E-state index in [4.69, 9.17) is 10.5 Å². The third-order valence-electron chi connectivity index (χ3n) is 3.43. The number of ether oxygens (including phenoxy) is 1. The summed E-state index contributed by atoms with van der Waals surface area (Å²) in [5.41, 5.74) is 7.38. The van der Waals surface area contributed by atoms with Crippen LogP contribution in [0.4, 0.5) is 11.4 Å². The fourth-order valence-corrected chi connectivity index (χ4v) is 2.38. The number of fused-ring (bicyclic) bond motifs is 1. The molecule has 2 N–H and O–H groups in total. The van der Waals surface area contributed by atoms with Gasteiger partial charge in [-0.1, -0.05) is 30.3 Å². The summed E-state index contributed by atoms with van der Waals surface area (Å²) >= 11 is 0. The number of benzene rings is 2. The molecule has 0 atom stereocenters. The molecule has 0 saturated carbocycles. The Hall–Kier alpha value is -3.15. The van der Waals surface area contributed by atoms with Gasteiger partial charge in [0.15, 0.2) is 5.69 Å². The minimum atomic E-state index is -0.496. The number of pyridine rings is 1. The van der Waals surface area contributed by atoms with E-state index in [1.165, 1.54) is 7.11 Å². The van der Waals surface area contributed by atoms with Crippen LogP contribution in [0.2, 0.25) is 0 Å². The van der Waals surface area contributed by atoms with Gasteiger partial charge in [-0.2, -0.15) is 0 Å². The Balaban J connectivity index is 2.36. The van der Waals surface area contributed by atoms with Crippen molar-refractivity contribution in [3.63, 3.8) is 0 Å². The minimum absolute atomic E-state index is 0.119. The summed E-state index contributed by atoms with van der Waals surface area (Å²) in [5.74, 6) is 0.598. The van der Waals surface area contributed by atoms with Crippen LogP contribution >= 0.6 is 0 Å². The van der Waals surface area contributed by atoms with Crippen LogP contribution in [0.1, 0.15) is 0 Å². The molecule has 0 aliphatic carbocycles. The van der Waals surface area contributed by atoms with Crippen LogP contribution in [-0.2, 0) is 0 Å². The van der Waals surface area contributed by atoms with E-state index < -0.39 is 4.92 Å². The Kier molecular flexibility index (Phi) is 3.34. The number of para-hydroxylation sites is 1. The molecule has 3 rings (SSSR count). The third kappa shape index (κ3) is 2.20. The van der Waals surface area contributed by atoms with E-state index in [0.29, 0.717) is 22.2 Å². The Morgan fingerprint density at radius 3 is 2.68 bits per heavy atom. The molecule has 0 bridgehead atoms.